The van der Waals surface area contributed by atoms with Crippen molar-refractivity contribution in [2.75, 3.05) is 20.6 Å². The monoisotopic (exact) mass is 348 g/mol. The van der Waals surface area contributed by atoms with Gasteiger partial charge in [0.15, 0.2) is 0 Å². The van der Waals surface area contributed by atoms with E-state index in [9.17, 15) is 4.79 Å². The number of benzene rings is 1. The summed E-state index contributed by atoms with van der Waals surface area (Å²) in [5.74, 6) is 0.660. The van der Waals surface area contributed by atoms with Crippen LogP contribution in [-0.2, 0) is 0 Å². The first-order chi connectivity index (χ1) is 11.1. The summed E-state index contributed by atoms with van der Waals surface area (Å²) in [6, 6.07) is 11.5. The van der Waals surface area contributed by atoms with Gasteiger partial charge in [0, 0.05) is 16.6 Å². The summed E-state index contributed by atoms with van der Waals surface area (Å²) in [5, 5.41) is 4.39. The number of furan rings is 1. The van der Waals surface area contributed by atoms with Gasteiger partial charge in [0.1, 0.15) is 10.6 Å². The van der Waals surface area contributed by atoms with Gasteiger partial charge in [0.2, 0.25) is 0 Å². The summed E-state index contributed by atoms with van der Waals surface area (Å²) in [7, 11) is 3.90. The lowest BCUT2D eigenvalue weighted by molar-refractivity contribution is 0.0943. The van der Waals surface area contributed by atoms with E-state index in [1.54, 1.807) is 6.26 Å². The summed E-state index contributed by atoms with van der Waals surface area (Å²) in [5.41, 5.74) is 0. The molecule has 0 aliphatic heterocycles. The molecule has 1 atom stereocenters. The van der Waals surface area contributed by atoms with Crippen molar-refractivity contribution in [1.29, 1.82) is 0 Å². The minimum absolute atomic E-state index is 0.0258. The van der Waals surface area contributed by atoms with Gasteiger partial charge in [-0.05, 0) is 32.3 Å². The van der Waals surface area contributed by atoms with Gasteiger partial charge in [-0.15, -0.1) is 11.3 Å². The summed E-state index contributed by atoms with van der Waals surface area (Å²) in [4.78, 5) is 15.0. The van der Waals surface area contributed by atoms with Crippen LogP contribution in [0.4, 0.5) is 0 Å². The molecule has 1 N–H and O–H groups in total. The lowest BCUT2D eigenvalue weighted by Crippen LogP contribution is -2.34. The molecule has 120 valence electrons. The predicted octanol–water partition coefficient (Wildman–Crippen LogP) is 4.18. The zero-order valence-electron chi connectivity index (χ0n) is 12.9. The zero-order valence-corrected chi connectivity index (χ0v) is 14.4. The van der Waals surface area contributed by atoms with E-state index in [2.05, 4.69) is 5.32 Å². The maximum Gasteiger partial charge on any atom is 0.263 e. The molecular weight excluding hydrogens is 332 g/mol. The molecule has 2 heterocycles. The molecule has 0 aliphatic carbocycles. The van der Waals surface area contributed by atoms with Crippen LogP contribution in [0.3, 0.4) is 0 Å². The lowest BCUT2D eigenvalue weighted by Gasteiger charge is -2.22. The molecule has 0 saturated carbocycles. The van der Waals surface area contributed by atoms with Gasteiger partial charge in [-0.25, -0.2) is 0 Å². The number of carbonyl (C=O) groups is 1. The Morgan fingerprint density at radius 1 is 1.30 bits per heavy atom. The number of amides is 1. The second-order valence-corrected chi connectivity index (χ2v) is 6.88. The highest BCUT2D eigenvalue weighted by Gasteiger charge is 2.21. The Labute approximate surface area is 143 Å². The number of hydrogen-bond acceptors (Lipinski definition) is 4. The Hall–Kier alpha value is -1.82. The molecule has 1 aromatic carbocycles. The number of likely N-dealkylation sites (N-methyl/N-ethyl adjacent to an activating group) is 1. The first-order valence-electron chi connectivity index (χ1n) is 7.23. The van der Waals surface area contributed by atoms with Gasteiger partial charge in [-0.2, -0.15) is 0 Å². The molecule has 3 rings (SSSR count). The van der Waals surface area contributed by atoms with Crippen molar-refractivity contribution in [2.24, 2.45) is 0 Å². The summed E-state index contributed by atoms with van der Waals surface area (Å²) in [6.07, 6.45) is 1.64. The van der Waals surface area contributed by atoms with Crippen LogP contribution in [0.25, 0.3) is 10.1 Å². The van der Waals surface area contributed by atoms with Crippen LogP contribution in [0.2, 0.25) is 5.02 Å². The van der Waals surface area contributed by atoms with E-state index >= 15 is 0 Å². The maximum atomic E-state index is 12.5. The topological polar surface area (TPSA) is 45.5 Å². The standard InChI is InChI=1S/C17H17ClN2O2S/c1-20(2)12(13-7-5-9-22-13)10-19-17(21)16-15(18)11-6-3-4-8-14(11)23-16/h3-9,12H,10H2,1-2H3,(H,19,21)/t12-/m1/s1. The van der Waals surface area contributed by atoms with E-state index in [1.165, 1.54) is 11.3 Å². The molecule has 2 aromatic heterocycles. The predicted molar refractivity (Wildman–Crippen MR) is 94.3 cm³/mol. The summed E-state index contributed by atoms with van der Waals surface area (Å²) in [6.45, 7) is 0.448. The van der Waals surface area contributed by atoms with E-state index in [0.717, 1.165) is 15.8 Å². The number of hydrogen-bond donors (Lipinski definition) is 1. The molecule has 0 spiro atoms. The molecule has 6 heteroatoms. The number of carbonyl (C=O) groups excluding carboxylic acids is 1. The second-order valence-electron chi connectivity index (χ2n) is 5.45. The largest absolute Gasteiger partial charge is 0.468 e. The van der Waals surface area contributed by atoms with Gasteiger partial charge in [-0.1, -0.05) is 29.8 Å². The fraction of sp³-hybridized carbons (Fsp3) is 0.235. The molecule has 23 heavy (non-hydrogen) atoms. The average molecular weight is 349 g/mol. The number of nitrogens with one attached hydrogen (secondary N) is 1. The van der Waals surface area contributed by atoms with Crippen LogP contribution in [0.5, 0.6) is 0 Å². The second kappa shape index (κ2) is 6.74. The van der Waals surface area contributed by atoms with Crippen LogP contribution in [0, 0.1) is 0 Å². The van der Waals surface area contributed by atoms with Crippen LogP contribution in [0.15, 0.2) is 47.1 Å². The van der Waals surface area contributed by atoms with Crippen molar-refractivity contribution in [1.82, 2.24) is 10.2 Å². The average Bonchev–Trinajstić information content (AvgIpc) is 3.16. The smallest absolute Gasteiger partial charge is 0.263 e. The van der Waals surface area contributed by atoms with Crippen LogP contribution in [-0.4, -0.2) is 31.4 Å². The van der Waals surface area contributed by atoms with Crippen molar-refractivity contribution in [3.8, 4) is 0 Å². The van der Waals surface area contributed by atoms with E-state index in [-0.39, 0.29) is 11.9 Å². The molecule has 4 nitrogen and oxygen atoms in total. The van der Waals surface area contributed by atoms with E-state index in [0.29, 0.717) is 16.4 Å². The van der Waals surface area contributed by atoms with Crippen molar-refractivity contribution in [3.63, 3.8) is 0 Å². The van der Waals surface area contributed by atoms with Gasteiger partial charge >= 0.3 is 0 Å². The Morgan fingerprint density at radius 3 is 2.74 bits per heavy atom. The fourth-order valence-electron chi connectivity index (χ4n) is 2.45. The molecule has 0 fully saturated rings. The quantitative estimate of drug-likeness (QED) is 0.752. The Balaban J connectivity index is 1.76. The highest BCUT2D eigenvalue weighted by Crippen LogP contribution is 2.35. The molecular formula is C17H17ClN2O2S. The van der Waals surface area contributed by atoms with Gasteiger partial charge in [0.25, 0.3) is 5.91 Å². The minimum atomic E-state index is -0.158. The SMILES string of the molecule is CN(C)[C@H](CNC(=O)c1sc2ccccc2c1Cl)c1ccco1. The highest BCUT2D eigenvalue weighted by molar-refractivity contribution is 7.21. The molecule has 0 radical (unpaired) electrons. The third kappa shape index (κ3) is 3.27. The maximum absolute atomic E-state index is 12.5. The third-order valence-electron chi connectivity index (χ3n) is 3.69. The molecule has 3 aromatic rings. The van der Waals surface area contributed by atoms with Crippen molar-refractivity contribution in [3.05, 3.63) is 58.3 Å². The van der Waals surface area contributed by atoms with E-state index < -0.39 is 0 Å². The summed E-state index contributed by atoms with van der Waals surface area (Å²) >= 11 is 7.76. The highest BCUT2D eigenvalue weighted by atomic mass is 35.5. The Morgan fingerprint density at radius 2 is 2.09 bits per heavy atom. The van der Waals surface area contributed by atoms with Crippen LogP contribution >= 0.6 is 22.9 Å². The minimum Gasteiger partial charge on any atom is -0.468 e. The molecule has 1 amide bonds. The van der Waals surface area contributed by atoms with Crippen molar-refractivity contribution < 1.29 is 9.21 Å². The Kier molecular flexibility index (Phi) is 4.71. The fourth-order valence-corrected chi connectivity index (χ4v) is 3.88. The van der Waals surface area contributed by atoms with Gasteiger partial charge in [0.05, 0.1) is 17.3 Å². The first-order valence-corrected chi connectivity index (χ1v) is 8.42. The van der Waals surface area contributed by atoms with Crippen molar-refractivity contribution >= 4 is 38.9 Å². The molecule has 0 unspecified atom stereocenters. The normalized spacial score (nSPS) is 12.7. The number of fused-ring (bicyclic) bond motifs is 1. The third-order valence-corrected chi connectivity index (χ3v) is 5.37. The number of halogens is 1. The number of rotatable bonds is 5. The lowest BCUT2D eigenvalue weighted by atomic mass is 10.2. The molecule has 0 bridgehead atoms. The molecule has 0 saturated heterocycles. The van der Waals surface area contributed by atoms with Crippen molar-refractivity contribution in [2.45, 2.75) is 6.04 Å². The zero-order chi connectivity index (χ0) is 16.4. The van der Waals surface area contributed by atoms with Crippen LogP contribution in [0.1, 0.15) is 21.5 Å². The van der Waals surface area contributed by atoms with E-state index in [4.69, 9.17) is 16.0 Å². The Bertz CT molecular complexity index is 811. The number of thiophene rings is 1. The van der Waals surface area contributed by atoms with Crippen LogP contribution < -0.4 is 5.32 Å². The first kappa shape index (κ1) is 16.1. The number of nitrogens with zero attached hydrogens (tertiary/aromatic N) is 1. The summed E-state index contributed by atoms with van der Waals surface area (Å²) < 4.78 is 6.46. The van der Waals surface area contributed by atoms with Gasteiger partial charge < -0.3 is 9.73 Å². The molecule has 0 aliphatic rings. The van der Waals surface area contributed by atoms with E-state index in [1.807, 2.05) is 55.4 Å². The van der Waals surface area contributed by atoms with Gasteiger partial charge in [-0.3, -0.25) is 9.69 Å².